The Morgan fingerprint density at radius 3 is 2.52 bits per heavy atom. The molecule has 1 amide bonds. The first-order valence-electron chi connectivity index (χ1n) is 10.9. The minimum absolute atomic E-state index is 0.0867. The van der Waals surface area contributed by atoms with Crippen LogP contribution in [0, 0.1) is 5.82 Å². The third-order valence-electron chi connectivity index (χ3n) is 5.68. The lowest BCUT2D eigenvalue weighted by Gasteiger charge is -2.40. The van der Waals surface area contributed by atoms with E-state index in [4.69, 9.17) is 4.74 Å². The van der Waals surface area contributed by atoms with Gasteiger partial charge in [-0.05, 0) is 38.1 Å². The number of rotatable bonds is 8. The van der Waals surface area contributed by atoms with E-state index in [-0.39, 0.29) is 23.0 Å². The Balaban J connectivity index is 1.47. The highest BCUT2D eigenvalue weighted by Gasteiger charge is 2.28. The third kappa shape index (κ3) is 5.61. The Labute approximate surface area is 197 Å². The summed E-state index contributed by atoms with van der Waals surface area (Å²) in [5, 5.41) is 12.1. The van der Waals surface area contributed by atoms with Gasteiger partial charge in [0.15, 0.2) is 11.0 Å². The van der Waals surface area contributed by atoms with Crippen LogP contribution in [0.3, 0.4) is 0 Å². The van der Waals surface area contributed by atoms with Gasteiger partial charge in [-0.15, -0.1) is 10.2 Å². The van der Waals surface area contributed by atoms with E-state index in [0.717, 1.165) is 18.8 Å². The highest BCUT2D eigenvalue weighted by molar-refractivity contribution is 7.99. The van der Waals surface area contributed by atoms with Gasteiger partial charge in [0.1, 0.15) is 5.82 Å². The van der Waals surface area contributed by atoms with Crippen LogP contribution in [0.2, 0.25) is 0 Å². The molecule has 174 valence electrons. The van der Waals surface area contributed by atoms with Gasteiger partial charge in [0.05, 0.1) is 24.5 Å². The molecular weight excluding hydrogens is 441 g/mol. The van der Waals surface area contributed by atoms with Crippen LogP contribution in [0.4, 0.5) is 4.39 Å². The fraction of sp³-hybridized carbons (Fsp3) is 0.375. The molecule has 1 N–H and O–H groups in total. The molecule has 1 saturated heterocycles. The molecule has 4 rings (SSSR count). The fourth-order valence-electron chi connectivity index (χ4n) is 3.77. The molecule has 7 nitrogen and oxygen atoms in total. The number of carbonyl (C=O) groups excluding carboxylic acids is 1. The third-order valence-corrected chi connectivity index (χ3v) is 6.61. The van der Waals surface area contributed by atoms with E-state index in [0.29, 0.717) is 36.3 Å². The highest BCUT2D eigenvalue weighted by Crippen LogP contribution is 2.29. The van der Waals surface area contributed by atoms with Gasteiger partial charge in [-0.1, -0.05) is 42.1 Å². The van der Waals surface area contributed by atoms with Crippen molar-refractivity contribution in [2.24, 2.45) is 0 Å². The van der Waals surface area contributed by atoms with Crippen molar-refractivity contribution >= 4 is 17.7 Å². The molecule has 0 radical (unpaired) electrons. The second-order valence-electron chi connectivity index (χ2n) is 8.43. The van der Waals surface area contributed by atoms with Crippen molar-refractivity contribution in [2.75, 3.05) is 38.6 Å². The van der Waals surface area contributed by atoms with E-state index < -0.39 is 0 Å². The molecular formula is C24H28FN5O2S. The summed E-state index contributed by atoms with van der Waals surface area (Å²) in [5.74, 6) is 0.121. The topological polar surface area (TPSA) is 72.3 Å². The van der Waals surface area contributed by atoms with Gasteiger partial charge < -0.3 is 10.1 Å². The first kappa shape index (κ1) is 23.4. The summed E-state index contributed by atoms with van der Waals surface area (Å²) in [5.41, 5.74) is 1.00. The zero-order chi connectivity index (χ0) is 23.3. The molecule has 1 aliphatic rings. The number of hydrogen-bond donors (Lipinski definition) is 1. The first-order chi connectivity index (χ1) is 16.0. The Kier molecular flexibility index (Phi) is 7.42. The summed E-state index contributed by atoms with van der Waals surface area (Å²) in [6.45, 7) is 7.93. The van der Waals surface area contributed by atoms with E-state index in [1.807, 2.05) is 30.3 Å². The molecule has 1 fully saturated rings. The van der Waals surface area contributed by atoms with Gasteiger partial charge >= 0.3 is 0 Å². The molecule has 0 aliphatic carbocycles. The smallest absolute Gasteiger partial charge is 0.230 e. The van der Waals surface area contributed by atoms with E-state index in [1.54, 1.807) is 22.8 Å². The van der Waals surface area contributed by atoms with Gasteiger partial charge in [0.25, 0.3) is 0 Å². The summed E-state index contributed by atoms with van der Waals surface area (Å²) in [4.78, 5) is 15.0. The number of morpholine rings is 1. The summed E-state index contributed by atoms with van der Waals surface area (Å²) in [6, 6.07) is 16.0. The van der Waals surface area contributed by atoms with Crippen LogP contribution in [-0.4, -0.2) is 69.7 Å². The number of nitrogens with zero attached hydrogens (tertiary/aromatic N) is 4. The quantitative estimate of drug-likeness (QED) is 0.510. The molecule has 9 heteroatoms. The maximum absolute atomic E-state index is 14.5. The minimum Gasteiger partial charge on any atom is -0.379 e. The Morgan fingerprint density at radius 2 is 1.79 bits per heavy atom. The van der Waals surface area contributed by atoms with Crippen molar-refractivity contribution < 1.29 is 13.9 Å². The number of para-hydroxylation sites is 1. The lowest BCUT2D eigenvalue weighted by Crippen LogP contribution is -2.55. The molecule has 33 heavy (non-hydrogen) atoms. The number of amides is 1. The zero-order valence-electron chi connectivity index (χ0n) is 18.8. The van der Waals surface area contributed by atoms with E-state index in [2.05, 4.69) is 34.3 Å². The average Bonchev–Trinajstić information content (AvgIpc) is 3.26. The van der Waals surface area contributed by atoms with Crippen molar-refractivity contribution in [2.45, 2.75) is 24.5 Å². The number of hydrogen-bond acceptors (Lipinski definition) is 6. The van der Waals surface area contributed by atoms with E-state index in [1.165, 1.54) is 17.8 Å². The van der Waals surface area contributed by atoms with Crippen LogP contribution in [0.5, 0.6) is 0 Å². The van der Waals surface area contributed by atoms with Gasteiger partial charge in [-0.2, -0.15) is 0 Å². The van der Waals surface area contributed by atoms with Gasteiger partial charge in [-0.25, -0.2) is 4.39 Å². The maximum Gasteiger partial charge on any atom is 0.230 e. The number of carbonyl (C=O) groups is 1. The maximum atomic E-state index is 14.5. The number of aromatic nitrogens is 3. The fourth-order valence-corrected chi connectivity index (χ4v) is 4.55. The standard InChI is InChI=1S/C24H28FN5O2S/c1-24(2,29-12-14-32-15-13-29)17-26-21(31)16-33-23-28-27-22(19-10-6-7-11-20(19)25)30(23)18-8-4-3-5-9-18/h3-11H,12-17H2,1-2H3,(H,26,31). The lowest BCUT2D eigenvalue weighted by molar-refractivity contribution is -0.119. The molecule has 0 atom stereocenters. The van der Waals surface area contributed by atoms with E-state index in [9.17, 15) is 9.18 Å². The second kappa shape index (κ2) is 10.5. The molecule has 0 spiro atoms. The van der Waals surface area contributed by atoms with Crippen molar-refractivity contribution in [1.29, 1.82) is 0 Å². The molecule has 0 unspecified atom stereocenters. The van der Waals surface area contributed by atoms with Crippen LogP contribution < -0.4 is 5.32 Å². The highest BCUT2D eigenvalue weighted by atomic mass is 32.2. The predicted octanol–water partition coefficient (Wildman–Crippen LogP) is 3.39. The van der Waals surface area contributed by atoms with Crippen molar-refractivity contribution in [3.8, 4) is 17.1 Å². The number of halogens is 1. The molecule has 1 aliphatic heterocycles. The molecule has 0 bridgehead atoms. The summed E-state index contributed by atoms with van der Waals surface area (Å²) in [7, 11) is 0. The molecule has 0 saturated carbocycles. The Bertz CT molecular complexity index is 1080. The average molecular weight is 470 g/mol. The van der Waals surface area contributed by atoms with E-state index >= 15 is 0 Å². The summed E-state index contributed by atoms with van der Waals surface area (Å²) >= 11 is 1.28. The summed E-state index contributed by atoms with van der Waals surface area (Å²) in [6.07, 6.45) is 0. The van der Waals surface area contributed by atoms with Crippen LogP contribution in [0.1, 0.15) is 13.8 Å². The zero-order valence-corrected chi connectivity index (χ0v) is 19.6. The van der Waals surface area contributed by atoms with Crippen molar-refractivity contribution in [3.05, 3.63) is 60.4 Å². The largest absolute Gasteiger partial charge is 0.379 e. The number of benzene rings is 2. The summed E-state index contributed by atoms with van der Waals surface area (Å²) < 4.78 is 21.7. The molecule has 2 aromatic carbocycles. The molecule has 3 aromatic rings. The van der Waals surface area contributed by atoms with Crippen LogP contribution in [-0.2, 0) is 9.53 Å². The van der Waals surface area contributed by atoms with Gasteiger partial charge in [-0.3, -0.25) is 14.3 Å². The monoisotopic (exact) mass is 469 g/mol. The Hall–Kier alpha value is -2.75. The lowest BCUT2D eigenvalue weighted by atomic mass is 10.0. The SMILES string of the molecule is CC(C)(CNC(=O)CSc1nnc(-c2ccccc2F)n1-c1ccccc1)N1CCOCC1. The number of ether oxygens (including phenoxy) is 1. The molecule has 2 heterocycles. The normalized spacial score (nSPS) is 14.9. The molecule has 1 aromatic heterocycles. The number of thioether (sulfide) groups is 1. The van der Waals surface area contributed by atoms with Crippen molar-refractivity contribution in [1.82, 2.24) is 25.0 Å². The van der Waals surface area contributed by atoms with Crippen LogP contribution >= 0.6 is 11.8 Å². The predicted molar refractivity (Wildman–Crippen MR) is 127 cm³/mol. The Morgan fingerprint density at radius 1 is 1.09 bits per heavy atom. The first-order valence-corrected chi connectivity index (χ1v) is 11.9. The number of nitrogens with one attached hydrogen (secondary N) is 1. The van der Waals surface area contributed by atoms with Gasteiger partial charge in [0.2, 0.25) is 5.91 Å². The van der Waals surface area contributed by atoms with Crippen LogP contribution in [0.15, 0.2) is 59.8 Å². The second-order valence-corrected chi connectivity index (χ2v) is 9.38. The van der Waals surface area contributed by atoms with Gasteiger partial charge in [0, 0.05) is 30.9 Å². The minimum atomic E-state index is -0.373. The van der Waals surface area contributed by atoms with Crippen molar-refractivity contribution in [3.63, 3.8) is 0 Å². The van der Waals surface area contributed by atoms with Crippen LogP contribution in [0.25, 0.3) is 17.1 Å².